The Bertz CT molecular complexity index is 763. The van der Waals surface area contributed by atoms with E-state index in [1.165, 1.54) is 17.2 Å². The van der Waals surface area contributed by atoms with E-state index in [1.807, 2.05) is 24.4 Å². The monoisotopic (exact) mass is 345 g/mol. The van der Waals surface area contributed by atoms with E-state index in [0.29, 0.717) is 5.56 Å². The fourth-order valence-electron chi connectivity index (χ4n) is 3.37. The molecule has 0 heterocycles. The molecule has 5 heteroatoms. The average Bonchev–Trinajstić information content (AvgIpc) is 2.62. The summed E-state index contributed by atoms with van der Waals surface area (Å²) in [7, 11) is 0. The number of rotatable bonds is 5. The lowest BCUT2D eigenvalue weighted by Crippen LogP contribution is -2.87. The van der Waals surface area contributed by atoms with Crippen LogP contribution in [-0.2, 0) is 11.2 Å². The van der Waals surface area contributed by atoms with Gasteiger partial charge in [-0.05, 0) is 55.5 Å². The van der Waals surface area contributed by atoms with Crippen LogP contribution in [0.3, 0.4) is 0 Å². The zero-order valence-corrected chi connectivity index (χ0v) is 14.3. The fourth-order valence-corrected chi connectivity index (χ4v) is 3.37. The van der Waals surface area contributed by atoms with Crippen LogP contribution in [0.4, 0.5) is 8.78 Å². The highest BCUT2D eigenvalue weighted by Gasteiger charge is 2.22. The molecule has 0 fully saturated rings. The SMILES string of the molecule is C[C@@H]([NH2+]CC(=O)N[C@@H]1CCCc2ccccc21)c1ccc(F)c(F)c1. The van der Waals surface area contributed by atoms with Crippen LogP contribution < -0.4 is 10.6 Å². The lowest BCUT2D eigenvalue weighted by Gasteiger charge is -2.26. The molecule has 0 saturated heterocycles. The zero-order chi connectivity index (χ0) is 17.8. The molecule has 3 N–H and O–H groups in total. The number of nitrogens with two attached hydrogens (primary N) is 1. The molecule has 0 aromatic heterocycles. The minimum atomic E-state index is -0.860. The second kappa shape index (κ2) is 7.74. The molecule has 2 atom stereocenters. The van der Waals surface area contributed by atoms with Gasteiger partial charge < -0.3 is 10.6 Å². The summed E-state index contributed by atoms with van der Waals surface area (Å²) in [6.45, 7) is 2.12. The number of hydrogen-bond donors (Lipinski definition) is 2. The van der Waals surface area contributed by atoms with Crippen molar-refractivity contribution in [3.05, 3.63) is 70.8 Å². The number of hydrogen-bond acceptors (Lipinski definition) is 1. The molecule has 0 radical (unpaired) electrons. The van der Waals surface area contributed by atoms with Crippen LogP contribution in [-0.4, -0.2) is 12.5 Å². The summed E-state index contributed by atoms with van der Waals surface area (Å²) in [6, 6.07) is 12.0. The van der Waals surface area contributed by atoms with Crippen LogP contribution in [0.5, 0.6) is 0 Å². The Hall–Kier alpha value is -2.27. The van der Waals surface area contributed by atoms with Crippen molar-refractivity contribution in [2.24, 2.45) is 0 Å². The molecule has 3 rings (SSSR count). The highest BCUT2D eigenvalue weighted by Crippen LogP contribution is 2.29. The number of benzene rings is 2. The topological polar surface area (TPSA) is 45.7 Å². The third-order valence-corrected chi connectivity index (χ3v) is 4.83. The minimum Gasteiger partial charge on any atom is -0.344 e. The van der Waals surface area contributed by atoms with Crippen molar-refractivity contribution >= 4 is 5.91 Å². The third kappa shape index (κ3) is 4.23. The van der Waals surface area contributed by atoms with Crippen molar-refractivity contribution in [3.8, 4) is 0 Å². The number of nitrogens with one attached hydrogen (secondary N) is 1. The molecule has 0 unspecified atom stereocenters. The Labute approximate surface area is 146 Å². The third-order valence-electron chi connectivity index (χ3n) is 4.83. The number of carbonyl (C=O) groups is 1. The Kier molecular flexibility index (Phi) is 5.43. The number of amides is 1. The molecule has 1 aliphatic rings. The van der Waals surface area contributed by atoms with Crippen LogP contribution in [0.25, 0.3) is 0 Å². The molecular formula is C20H23F2N2O+. The lowest BCUT2D eigenvalue weighted by molar-refractivity contribution is -0.682. The smallest absolute Gasteiger partial charge is 0.275 e. The van der Waals surface area contributed by atoms with Crippen molar-refractivity contribution in [1.82, 2.24) is 5.32 Å². The van der Waals surface area contributed by atoms with E-state index >= 15 is 0 Å². The fraction of sp³-hybridized carbons (Fsp3) is 0.350. The molecule has 0 aliphatic heterocycles. The number of quaternary nitrogens is 1. The van der Waals surface area contributed by atoms with Crippen molar-refractivity contribution in [2.75, 3.05) is 6.54 Å². The summed E-state index contributed by atoms with van der Waals surface area (Å²) in [5, 5.41) is 4.93. The van der Waals surface area contributed by atoms with Gasteiger partial charge in [-0.15, -0.1) is 0 Å². The Morgan fingerprint density at radius 3 is 2.84 bits per heavy atom. The van der Waals surface area contributed by atoms with E-state index in [9.17, 15) is 13.6 Å². The molecule has 0 saturated carbocycles. The van der Waals surface area contributed by atoms with Gasteiger partial charge in [-0.2, -0.15) is 0 Å². The zero-order valence-electron chi connectivity index (χ0n) is 14.3. The molecule has 132 valence electrons. The molecule has 1 amide bonds. The van der Waals surface area contributed by atoms with E-state index in [0.717, 1.165) is 25.3 Å². The Morgan fingerprint density at radius 2 is 2.04 bits per heavy atom. The maximum absolute atomic E-state index is 13.3. The lowest BCUT2D eigenvalue weighted by atomic mass is 9.88. The molecule has 2 aromatic rings. The molecule has 2 aromatic carbocycles. The van der Waals surface area contributed by atoms with E-state index in [1.54, 1.807) is 6.07 Å². The first-order valence-electron chi connectivity index (χ1n) is 8.70. The maximum Gasteiger partial charge on any atom is 0.275 e. The predicted molar refractivity (Wildman–Crippen MR) is 91.8 cm³/mol. The van der Waals surface area contributed by atoms with E-state index in [2.05, 4.69) is 17.4 Å². The molecule has 3 nitrogen and oxygen atoms in total. The Balaban J connectivity index is 1.56. The van der Waals surface area contributed by atoms with Crippen molar-refractivity contribution in [1.29, 1.82) is 0 Å². The first-order valence-corrected chi connectivity index (χ1v) is 8.70. The van der Waals surface area contributed by atoms with Gasteiger partial charge >= 0.3 is 0 Å². The largest absolute Gasteiger partial charge is 0.344 e. The predicted octanol–water partition coefficient (Wildman–Crippen LogP) is 2.78. The standard InChI is InChI=1S/C20H22F2N2O/c1-13(15-9-10-17(21)18(22)11-15)23-12-20(25)24-19-8-4-6-14-5-2-3-7-16(14)19/h2-3,5,7,9-11,13,19,23H,4,6,8,12H2,1H3,(H,24,25)/p+1/t13-,19-/m1/s1. The van der Waals surface area contributed by atoms with Crippen LogP contribution in [0.2, 0.25) is 0 Å². The van der Waals surface area contributed by atoms with Gasteiger partial charge in [0.2, 0.25) is 0 Å². The van der Waals surface area contributed by atoms with Gasteiger partial charge in [0.05, 0.1) is 6.04 Å². The number of carbonyl (C=O) groups excluding carboxylic acids is 1. The summed E-state index contributed by atoms with van der Waals surface area (Å²) in [6.07, 6.45) is 3.07. The van der Waals surface area contributed by atoms with Crippen molar-refractivity contribution < 1.29 is 18.9 Å². The molecular weight excluding hydrogens is 322 g/mol. The van der Waals surface area contributed by atoms with Crippen LogP contribution >= 0.6 is 0 Å². The second-order valence-corrected chi connectivity index (χ2v) is 6.61. The van der Waals surface area contributed by atoms with E-state index < -0.39 is 11.6 Å². The van der Waals surface area contributed by atoms with Crippen molar-refractivity contribution in [3.63, 3.8) is 0 Å². The van der Waals surface area contributed by atoms with Gasteiger partial charge in [0.15, 0.2) is 18.2 Å². The highest BCUT2D eigenvalue weighted by molar-refractivity contribution is 5.77. The van der Waals surface area contributed by atoms with Crippen LogP contribution in [0.15, 0.2) is 42.5 Å². The maximum atomic E-state index is 13.3. The van der Waals surface area contributed by atoms with Gasteiger partial charge in [-0.25, -0.2) is 8.78 Å². The molecule has 0 bridgehead atoms. The molecule has 25 heavy (non-hydrogen) atoms. The van der Waals surface area contributed by atoms with E-state index in [-0.39, 0.29) is 24.5 Å². The quantitative estimate of drug-likeness (QED) is 0.860. The van der Waals surface area contributed by atoms with Gasteiger partial charge in [0.25, 0.3) is 5.91 Å². The highest BCUT2D eigenvalue weighted by atomic mass is 19.2. The summed E-state index contributed by atoms with van der Waals surface area (Å²) in [4.78, 5) is 12.3. The average molecular weight is 345 g/mol. The van der Waals surface area contributed by atoms with Crippen LogP contribution in [0.1, 0.15) is 48.5 Å². The van der Waals surface area contributed by atoms with Gasteiger partial charge in [0.1, 0.15) is 6.04 Å². The number of aryl methyl sites for hydroxylation is 1. The summed E-state index contributed by atoms with van der Waals surface area (Å²) in [5.74, 6) is -1.76. The molecule has 0 spiro atoms. The Morgan fingerprint density at radius 1 is 1.24 bits per heavy atom. The van der Waals surface area contributed by atoms with Crippen molar-refractivity contribution in [2.45, 2.75) is 38.3 Å². The van der Waals surface area contributed by atoms with Crippen LogP contribution in [0, 0.1) is 11.6 Å². The normalized spacial score (nSPS) is 17.6. The molecule has 1 aliphatic carbocycles. The summed E-state index contributed by atoms with van der Waals surface area (Å²) < 4.78 is 26.3. The summed E-state index contributed by atoms with van der Waals surface area (Å²) >= 11 is 0. The first-order chi connectivity index (χ1) is 12.0. The summed E-state index contributed by atoms with van der Waals surface area (Å²) in [5.41, 5.74) is 3.17. The van der Waals surface area contributed by atoms with E-state index in [4.69, 9.17) is 0 Å². The second-order valence-electron chi connectivity index (χ2n) is 6.61. The first kappa shape index (κ1) is 17.5. The van der Waals surface area contributed by atoms with Gasteiger partial charge in [-0.1, -0.05) is 24.3 Å². The van der Waals surface area contributed by atoms with Gasteiger partial charge in [0, 0.05) is 5.56 Å². The number of halogens is 2. The van der Waals surface area contributed by atoms with Gasteiger partial charge in [-0.3, -0.25) is 4.79 Å². The minimum absolute atomic E-state index is 0.0452. The number of fused-ring (bicyclic) bond motifs is 1.